The number of esters is 1. The number of nitrogens with one attached hydrogen (secondary N) is 1. The normalized spacial score (nSPS) is 12.4. The highest BCUT2D eigenvalue weighted by molar-refractivity contribution is 7.89. The van der Waals surface area contributed by atoms with Gasteiger partial charge in [-0.1, -0.05) is 66.6 Å². The van der Waals surface area contributed by atoms with E-state index in [0.717, 1.165) is 16.7 Å². The average Bonchev–Trinajstić information content (AvgIpc) is 2.84. The minimum Gasteiger partial charge on any atom is -0.424 e. The van der Waals surface area contributed by atoms with Crippen molar-refractivity contribution < 1.29 is 22.4 Å². The molecule has 1 N–H and O–H groups in total. The molecule has 0 bridgehead atoms. The number of aryl methyl sites for hydroxylation is 2. The molecule has 4 aromatic rings. The monoisotopic (exact) mass is 525 g/mol. The van der Waals surface area contributed by atoms with Gasteiger partial charge in [-0.3, -0.25) is 0 Å². The highest BCUT2D eigenvalue weighted by Gasteiger charge is 2.28. The predicted octanol–water partition coefficient (Wildman–Crippen LogP) is 4.81. The molecule has 1 atom stereocenters. The van der Waals surface area contributed by atoms with Gasteiger partial charge in [0.25, 0.3) is 0 Å². The number of hydrogen-bond donors (Lipinski definition) is 1. The van der Waals surface area contributed by atoms with Crippen LogP contribution < -0.4 is 15.1 Å². The summed E-state index contributed by atoms with van der Waals surface area (Å²) in [4.78, 5) is 25.2. The average molecular weight is 526 g/mol. The molecular weight excluding hydrogens is 502 g/mol. The molecule has 9 heteroatoms. The van der Waals surface area contributed by atoms with Crippen molar-refractivity contribution in [1.82, 2.24) is 4.72 Å². The van der Waals surface area contributed by atoms with E-state index in [-0.39, 0.29) is 27.7 Å². The topological polar surface area (TPSA) is 103 Å². The molecule has 0 aliphatic rings. The van der Waals surface area contributed by atoms with Crippen LogP contribution in [0.4, 0.5) is 0 Å². The van der Waals surface area contributed by atoms with Gasteiger partial charge in [0.15, 0.2) is 5.75 Å². The number of rotatable bonds is 8. The van der Waals surface area contributed by atoms with Crippen LogP contribution in [0.5, 0.6) is 5.75 Å². The third-order valence-corrected chi connectivity index (χ3v) is 7.45. The lowest BCUT2D eigenvalue weighted by atomic mass is 10.1. The van der Waals surface area contributed by atoms with Crippen molar-refractivity contribution in [3.63, 3.8) is 0 Å². The summed E-state index contributed by atoms with van der Waals surface area (Å²) in [6, 6.07) is 18.3. The van der Waals surface area contributed by atoms with E-state index in [9.17, 15) is 18.0 Å². The highest BCUT2D eigenvalue weighted by Crippen LogP contribution is 2.32. The van der Waals surface area contributed by atoms with Crippen LogP contribution in [0, 0.1) is 6.92 Å². The summed E-state index contributed by atoms with van der Waals surface area (Å²) in [6.45, 7) is 3.74. The van der Waals surface area contributed by atoms with Crippen molar-refractivity contribution >= 4 is 38.6 Å². The lowest BCUT2D eigenvalue weighted by Gasteiger charge is -2.18. The van der Waals surface area contributed by atoms with Crippen LogP contribution in [0.25, 0.3) is 11.0 Å². The SMILES string of the molecule is CCc1cc(=O)oc2cc(OC(=O)C(Cc3ccccc3)NS(=O)(=O)c3ccc(C)cc3)c(Cl)cc12. The highest BCUT2D eigenvalue weighted by atomic mass is 35.5. The summed E-state index contributed by atoms with van der Waals surface area (Å²) in [5.41, 5.74) is 2.05. The Kier molecular flexibility index (Phi) is 7.59. The number of benzene rings is 3. The molecule has 0 aliphatic carbocycles. The minimum atomic E-state index is -4.04. The van der Waals surface area contributed by atoms with E-state index in [1.165, 1.54) is 24.3 Å². The van der Waals surface area contributed by atoms with Gasteiger partial charge in [0.1, 0.15) is 11.6 Å². The Hall–Kier alpha value is -3.46. The van der Waals surface area contributed by atoms with Crippen LogP contribution in [-0.2, 0) is 27.7 Å². The molecule has 0 saturated carbocycles. The largest absolute Gasteiger partial charge is 0.424 e. The zero-order valence-electron chi connectivity index (χ0n) is 19.7. The Morgan fingerprint density at radius 3 is 2.42 bits per heavy atom. The summed E-state index contributed by atoms with van der Waals surface area (Å²) in [5.74, 6) is -0.900. The van der Waals surface area contributed by atoms with Gasteiger partial charge in [0.2, 0.25) is 10.0 Å². The fourth-order valence-electron chi connectivity index (χ4n) is 3.77. The molecule has 3 aromatic carbocycles. The summed E-state index contributed by atoms with van der Waals surface area (Å²) in [5, 5.41) is 0.752. The maximum absolute atomic E-state index is 13.3. The first kappa shape index (κ1) is 25.6. The van der Waals surface area contributed by atoms with E-state index in [1.54, 1.807) is 42.5 Å². The lowest BCUT2D eigenvalue weighted by molar-refractivity contribution is -0.136. The summed E-state index contributed by atoms with van der Waals surface area (Å²) >= 11 is 6.39. The molecule has 0 saturated heterocycles. The Bertz CT molecular complexity index is 1560. The van der Waals surface area contributed by atoms with E-state index in [0.29, 0.717) is 11.8 Å². The van der Waals surface area contributed by atoms with E-state index < -0.39 is 27.7 Å². The summed E-state index contributed by atoms with van der Waals surface area (Å²) in [7, 11) is -4.04. The van der Waals surface area contributed by atoms with Crippen LogP contribution in [0.3, 0.4) is 0 Å². The van der Waals surface area contributed by atoms with Gasteiger partial charge in [-0.25, -0.2) is 18.0 Å². The Morgan fingerprint density at radius 2 is 1.75 bits per heavy atom. The maximum atomic E-state index is 13.3. The number of halogens is 1. The summed E-state index contributed by atoms with van der Waals surface area (Å²) in [6.07, 6.45) is 0.628. The van der Waals surface area contributed by atoms with Crippen molar-refractivity contribution in [3.05, 3.63) is 105 Å². The molecule has 0 fully saturated rings. The number of ether oxygens (including phenoxy) is 1. The first-order valence-corrected chi connectivity index (χ1v) is 13.1. The van der Waals surface area contributed by atoms with Crippen LogP contribution in [0.15, 0.2) is 86.9 Å². The van der Waals surface area contributed by atoms with Crippen LogP contribution in [-0.4, -0.2) is 20.4 Å². The number of hydrogen-bond acceptors (Lipinski definition) is 6. The van der Waals surface area contributed by atoms with Gasteiger partial charge in [0.05, 0.1) is 9.92 Å². The molecule has 36 heavy (non-hydrogen) atoms. The first-order chi connectivity index (χ1) is 17.2. The Morgan fingerprint density at radius 1 is 1.06 bits per heavy atom. The molecule has 0 spiro atoms. The third kappa shape index (κ3) is 5.84. The molecule has 0 radical (unpaired) electrons. The Labute approximate surface area is 213 Å². The molecule has 7 nitrogen and oxygen atoms in total. The van der Waals surface area contributed by atoms with Crippen LogP contribution >= 0.6 is 11.6 Å². The lowest BCUT2D eigenvalue weighted by Crippen LogP contribution is -2.44. The van der Waals surface area contributed by atoms with Gasteiger partial charge >= 0.3 is 11.6 Å². The number of fused-ring (bicyclic) bond motifs is 1. The number of carbonyl (C=O) groups excluding carboxylic acids is 1. The van der Waals surface area contributed by atoms with Gasteiger partial charge in [-0.2, -0.15) is 4.72 Å². The fourth-order valence-corrected chi connectivity index (χ4v) is 5.16. The van der Waals surface area contributed by atoms with E-state index in [1.807, 2.05) is 19.9 Å². The zero-order chi connectivity index (χ0) is 25.9. The molecule has 4 rings (SSSR count). The molecule has 1 aromatic heterocycles. The van der Waals surface area contributed by atoms with Gasteiger partial charge in [0, 0.05) is 17.5 Å². The molecular formula is C27H24ClNO6S. The predicted molar refractivity (Wildman–Crippen MR) is 138 cm³/mol. The van der Waals surface area contributed by atoms with Gasteiger partial charge in [-0.15, -0.1) is 0 Å². The van der Waals surface area contributed by atoms with Crippen molar-refractivity contribution in [2.75, 3.05) is 0 Å². The molecule has 1 heterocycles. The van der Waals surface area contributed by atoms with E-state index in [2.05, 4.69) is 4.72 Å². The quantitative estimate of drug-likeness (QED) is 0.201. The van der Waals surface area contributed by atoms with E-state index in [4.69, 9.17) is 20.8 Å². The zero-order valence-corrected chi connectivity index (χ0v) is 21.2. The third-order valence-electron chi connectivity index (χ3n) is 5.67. The fraction of sp³-hybridized carbons (Fsp3) is 0.185. The second-order valence-electron chi connectivity index (χ2n) is 8.32. The first-order valence-electron chi connectivity index (χ1n) is 11.3. The van der Waals surface area contributed by atoms with Crippen molar-refractivity contribution in [3.8, 4) is 5.75 Å². The van der Waals surface area contributed by atoms with Crippen LogP contribution in [0.1, 0.15) is 23.6 Å². The van der Waals surface area contributed by atoms with Gasteiger partial charge in [-0.05, 0) is 49.1 Å². The van der Waals surface area contributed by atoms with Crippen molar-refractivity contribution in [1.29, 1.82) is 0 Å². The van der Waals surface area contributed by atoms with E-state index >= 15 is 0 Å². The number of sulfonamides is 1. The second-order valence-corrected chi connectivity index (χ2v) is 10.4. The smallest absolute Gasteiger partial charge is 0.336 e. The minimum absolute atomic E-state index is 0.0246. The van der Waals surface area contributed by atoms with Crippen molar-refractivity contribution in [2.24, 2.45) is 0 Å². The van der Waals surface area contributed by atoms with Crippen molar-refractivity contribution in [2.45, 2.75) is 37.6 Å². The van der Waals surface area contributed by atoms with Crippen LogP contribution in [0.2, 0.25) is 5.02 Å². The Balaban J connectivity index is 1.67. The number of carbonyl (C=O) groups is 1. The molecule has 186 valence electrons. The second kappa shape index (κ2) is 10.7. The van der Waals surface area contributed by atoms with Gasteiger partial charge < -0.3 is 9.15 Å². The maximum Gasteiger partial charge on any atom is 0.336 e. The molecule has 0 aliphatic heterocycles. The standard InChI is InChI=1S/C27H24ClNO6S/c1-3-19-14-26(30)34-24-16-25(22(28)15-21(19)24)35-27(31)23(13-18-7-5-4-6-8-18)29-36(32,33)20-11-9-17(2)10-12-20/h4-12,14-16,23,29H,3,13H2,1-2H3. The molecule has 1 unspecified atom stereocenters. The summed E-state index contributed by atoms with van der Waals surface area (Å²) < 4.78 is 39.4. The molecule has 0 amide bonds.